The summed E-state index contributed by atoms with van der Waals surface area (Å²) in [6.45, 7) is -5.54. The van der Waals surface area contributed by atoms with Crippen LogP contribution in [0.5, 0.6) is 23.0 Å². The van der Waals surface area contributed by atoms with Gasteiger partial charge in [-0.15, -0.1) is 12.4 Å². The van der Waals surface area contributed by atoms with E-state index in [2.05, 4.69) is 0 Å². The highest BCUT2D eigenvalue weighted by Crippen LogP contribution is 2.40. The second kappa shape index (κ2) is 13.9. The summed E-state index contributed by atoms with van der Waals surface area (Å²) in [7, 11) is 7.82. The SMILES string of the molecule is Cl.[2H]C([2H])([2H])C([2H])(C([2H])([2H])[2H])[C@@](C#N)(CCCN(C)CCc1ccc(OC)c(OC)c1)c1ccc(OC)c(OC)c1. The van der Waals surface area contributed by atoms with Crippen LogP contribution in [0.25, 0.3) is 0 Å². The highest BCUT2D eigenvalue weighted by Gasteiger charge is 2.36. The Balaban J connectivity index is 0.00000840. The van der Waals surface area contributed by atoms with E-state index in [0.29, 0.717) is 36.8 Å². The van der Waals surface area contributed by atoms with Crippen molar-refractivity contribution in [2.75, 3.05) is 48.6 Å². The first kappa shape index (κ1) is 19.7. The molecule has 7 heteroatoms. The van der Waals surface area contributed by atoms with E-state index in [9.17, 15) is 5.26 Å². The van der Waals surface area contributed by atoms with Crippen LogP contribution in [-0.2, 0) is 11.8 Å². The van der Waals surface area contributed by atoms with Gasteiger partial charge in [0, 0.05) is 16.1 Å². The van der Waals surface area contributed by atoms with Crippen molar-refractivity contribution in [1.82, 2.24) is 4.90 Å². The second-order valence-electron chi connectivity index (χ2n) is 7.81. The molecule has 0 aliphatic rings. The molecule has 2 aromatic carbocycles. The van der Waals surface area contributed by atoms with Gasteiger partial charge in [0.25, 0.3) is 0 Å². The minimum absolute atomic E-state index is 0. The van der Waals surface area contributed by atoms with Crippen LogP contribution in [0.1, 0.15) is 47.3 Å². The van der Waals surface area contributed by atoms with E-state index < -0.39 is 25.0 Å². The molecule has 34 heavy (non-hydrogen) atoms. The smallest absolute Gasteiger partial charge is 0.161 e. The van der Waals surface area contributed by atoms with Gasteiger partial charge >= 0.3 is 0 Å². The molecule has 0 saturated heterocycles. The van der Waals surface area contributed by atoms with Gasteiger partial charge in [-0.1, -0.05) is 25.8 Å². The lowest BCUT2D eigenvalue weighted by Crippen LogP contribution is -2.32. The number of rotatable bonds is 13. The first-order valence-corrected chi connectivity index (χ1v) is 10.7. The third-order valence-electron chi connectivity index (χ3n) is 5.82. The predicted octanol–water partition coefficient (Wildman–Crippen LogP) is 5.51. The zero-order valence-electron chi connectivity index (χ0n) is 27.4. The first-order valence-electron chi connectivity index (χ1n) is 14.2. The number of halogens is 1. The largest absolute Gasteiger partial charge is 0.493 e. The lowest BCUT2D eigenvalue weighted by molar-refractivity contribution is 0.292. The highest BCUT2D eigenvalue weighted by molar-refractivity contribution is 5.85. The fraction of sp³-hybridized carbons (Fsp3) is 0.519. The van der Waals surface area contributed by atoms with Crippen molar-refractivity contribution in [2.24, 2.45) is 5.89 Å². The van der Waals surface area contributed by atoms with Crippen LogP contribution in [-0.4, -0.2) is 53.5 Å². The molecule has 0 aliphatic heterocycles. The second-order valence-corrected chi connectivity index (χ2v) is 7.81. The fourth-order valence-electron chi connectivity index (χ4n) is 3.77. The van der Waals surface area contributed by atoms with Crippen LogP contribution in [0.3, 0.4) is 0 Å². The minimum atomic E-state index is -3.31. The third kappa shape index (κ3) is 6.94. The normalized spacial score (nSPS) is 16.6. The molecule has 0 amide bonds. The molecule has 0 aromatic heterocycles. The number of nitrogens with zero attached hydrogens (tertiary/aromatic N) is 2. The summed E-state index contributed by atoms with van der Waals surface area (Å²) >= 11 is 0. The number of methoxy groups -OCH3 is 4. The van der Waals surface area contributed by atoms with Crippen molar-refractivity contribution < 1.29 is 28.5 Å². The van der Waals surface area contributed by atoms with Crippen molar-refractivity contribution in [2.45, 2.75) is 38.4 Å². The Bertz CT molecular complexity index is 1170. The lowest BCUT2D eigenvalue weighted by Gasteiger charge is -2.32. The molecule has 0 fully saturated rings. The Labute approximate surface area is 221 Å². The molecule has 6 nitrogen and oxygen atoms in total. The van der Waals surface area contributed by atoms with Crippen LogP contribution in [0, 0.1) is 17.2 Å². The summed E-state index contributed by atoms with van der Waals surface area (Å²) in [5, 5.41) is 10.5. The molecular weight excluding hydrogens is 452 g/mol. The number of hydrogen-bond acceptors (Lipinski definition) is 6. The molecule has 0 spiro atoms. The van der Waals surface area contributed by atoms with Crippen molar-refractivity contribution >= 4 is 12.4 Å². The highest BCUT2D eigenvalue weighted by atomic mass is 35.5. The Morgan fingerprint density at radius 2 is 1.53 bits per heavy atom. The number of likely N-dealkylation sites (N-methyl/N-ethyl adjacent to an activating group) is 1. The van der Waals surface area contributed by atoms with Gasteiger partial charge < -0.3 is 23.8 Å². The van der Waals surface area contributed by atoms with Crippen LogP contribution in [0.4, 0.5) is 0 Å². The summed E-state index contributed by atoms with van der Waals surface area (Å²) in [6, 6.07) is 12.0. The molecule has 2 rings (SSSR count). The molecule has 0 bridgehead atoms. The Hall–Kier alpha value is -2.62. The molecule has 0 radical (unpaired) electrons. The molecule has 0 N–H and O–H groups in total. The molecule has 0 unspecified atom stereocenters. The maximum absolute atomic E-state index is 10.5. The van der Waals surface area contributed by atoms with Crippen molar-refractivity contribution in [3.63, 3.8) is 0 Å². The predicted molar refractivity (Wildman–Crippen MR) is 139 cm³/mol. The zero-order valence-corrected chi connectivity index (χ0v) is 21.3. The molecule has 1 atom stereocenters. The monoisotopic (exact) mass is 497 g/mol. The molecule has 2 aromatic rings. The molecule has 188 valence electrons. The maximum Gasteiger partial charge on any atom is 0.161 e. The minimum Gasteiger partial charge on any atom is -0.493 e. The van der Waals surface area contributed by atoms with E-state index in [1.54, 1.807) is 14.2 Å². The standard InChI is InChI=1S/C27H38N2O4.ClH/c1-20(2)27(19-28,22-10-12-24(31-5)26(18-22)33-7)14-8-15-29(3)16-13-21-9-11-23(30-4)25(17-21)32-6;/h9-12,17-18,20H,8,13-16H2,1-7H3;1H/t27-;/m0./s1/i1D3,2D3,20D;. The number of ether oxygens (including phenoxy) is 4. The zero-order chi connectivity index (χ0) is 30.4. The van der Waals surface area contributed by atoms with Gasteiger partial charge in [-0.05, 0) is 74.1 Å². The summed E-state index contributed by atoms with van der Waals surface area (Å²) in [4.78, 5) is 2.00. The van der Waals surface area contributed by atoms with E-state index in [-0.39, 0.29) is 36.6 Å². The van der Waals surface area contributed by atoms with Crippen molar-refractivity contribution in [3.8, 4) is 29.1 Å². The van der Waals surface area contributed by atoms with Gasteiger partial charge in [-0.2, -0.15) is 5.26 Å². The molecular formula is C27H39ClN2O4. The van der Waals surface area contributed by atoms with Crippen molar-refractivity contribution in [1.29, 1.82) is 5.26 Å². The maximum atomic E-state index is 10.5. The third-order valence-corrected chi connectivity index (χ3v) is 5.82. The van der Waals surface area contributed by atoms with Gasteiger partial charge in [0.15, 0.2) is 23.0 Å². The number of nitriles is 1. The Morgan fingerprint density at radius 1 is 0.941 bits per heavy atom. The number of hydrogen-bond donors (Lipinski definition) is 0. The lowest BCUT2D eigenvalue weighted by atomic mass is 9.69. The molecule has 0 aliphatic carbocycles. The van der Waals surface area contributed by atoms with E-state index in [1.165, 1.54) is 32.4 Å². The average molecular weight is 498 g/mol. The van der Waals surface area contributed by atoms with E-state index in [4.69, 9.17) is 28.5 Å². The molecule has 0 saturated carbocycles. The van der Waals surface area contributed by atoms with E-state index in [0.717, 1.165) is 5.56 Å². The van der Waals surface area contributed by atoms with Crippen LogP contribution in [0.15, 0.2) is 36.4 Å². The number of benzene rings is 2. The first-order chi connectivity index (χ1) is 18.6. The van der Waals surface area contributed by atoms with Crippen molar-refractivity contribution in [3.05, 3.63) is 47.5 Å². The summed E-state index contributed by atoms with van der Waals surface area (Å²) in [6.07, 6.45) is 0.764. The summed E-state index contributed by atoms with van der Waals surface area (Å²) in [5.41, 5.74) is -1.12. The van der Waals surface area contributed by atoms with E-state index >= 15 is 0 Å². The average Bonchev–Trinajstić information content (AvgIpc) is 2.92. The fourth-order valence-corrected chi connectivity index (χ4v) is 3.77. The quantitative estimate of drug-likeness (QED) is 0.363. The van der Waals surface area contributed by atoms with E-state index in [1.807, 2.05) is 36.2 Å². The van der Waals surface area contributed by atoms with Gasteiger partial charge in [0.05, 0.1) is 39.9 Å². The Kier molecular flexibility index (Phi) is 8.06. The summed E-state index contributed by atoms with van der Waals surface area (Å²) in [5.74, 6) is -1.35. The van der Waals surface area contributed by atoms with Gasteiger partial charge in [-0.3, -0.25) is 0 Å². The topological polar surface area (TPSA) is 64.0 Å². The van der Waals surface area contributed by atoms with Crippen LogP contribution >= 0.6 is 12.4 Å². The molecule has 0 heterocycles. The van der Waals surface area contributed by atoms with Gasteiger partial charge in [-0.25, -0.2) is 0 Å². The van der Waals surface area contributed by atoms with Gasteiger partial charge in [0.2, 0.25) is 0 Å². The van der Waals surface area contributed by atoms with Crippen LogP contribution < -0.4 is 18.9 Å². The van der Waals surface area contributed by atoms with Crippen LogP contribution in [0.2, 0.25) is 0 Å². The Morgan fingerprint density at radius 3 is 2.09 bits per heavy atom. The summed E-state index contributed by atoms with van der Waals surface area (Å²) < 4.78 is 79.0. The van der Waals surface area contributed by atoms with Gasteiger partial charge in [0.1, 0.15) is 0 Å².